The number of halogens is 1. The van der Waals surface area contributed by atoms with Crippen LogP contribution in [0.4, 0.5) is 11.5 Å². The summed E-state index contributed by atoms with van der Waals surface area (Å²) in [7, 11) is 0. The molecule has 5 rings (SSSR count). The van der Waals surface area contributed by atoms with Gasteiger partial charge < -0.3 is 14.7 Å². The van der Waals surface area contributed by atoms with Crippen LogP contribution in [0, 0.1) is 17.9 Å². The maximum atomic E-state index is 10.3. The lowest BCUT2D eigenvalue weighted by Gasteiger charge is -2.30. The molecule has 3 heterocycles. The molecule has 7 nitrogen and oxygen atoms in total. The number of thioether (sulfide) groups is 1. The number of thiazole rings is 1. The van der Waals surface area contributed by atoms with Crippen molar-refractivity contribution in [3.63, 3.8) is 0 Å². The minimum atomic E-state index is -0.0769. The van der Waals surface area contributed by atoms with E-state index in [4.69, 9.17) is 38.0 Å². The number of aliphatic hydroxyl groups excluding tert-OH is 1. The normalized spacial score (nSPS) is 13.1. The Labute approximate surface area is 246 Å². The van der Waals surface area contributed by atoms with Crippen LogP contribution < -0.4 is 9.64 Å². The summed E-state index contributed by atoms with van der Waals surface area (Å²) >= 11 is 9.06. The first-order valence-corrected chi connectivity index (χ1v) is 15.1. The number of piperidine rings is 1. The van der Waals surface area contributed by atoms with Crippen molar-refractivity contribution in [2.24, 2.45) is 0 Å². The lowest BCUT2D eigenvalue weighted by molar-refractivity contribution is 0.201. The van der Waals surface area contributed by atoms with Gasteiger partial charge in [-0.15, -0.1) is 11.3 Å². The number of anilines is 1. The highest BCUT2D eigenvalue weighted by molar-refractivity contribution is 7.98. The van der Waals surface area contributed by atoms with Gasteiger partial charge in [0.25, 0.3) is 0 Å². The van der Waals surface area contributed by atoms with Gasteiger partial charge in [-0.05, 0) is 49.1 Å². The van der Waals surface area contributed by atoms with E-state index >= 15 is 0 Å². The highest BCUT2D eigenvalue weighted by atomic mass is 35.5. The number of pyridine rings is 1. The fraction of sp³-hybridized carbons (Fsp3) is 0.267. The summed E-state index contributed by atoms with van der Waals surface area (Å²) in [4.78, 5) is 15.8. The van der Waals surface area contributed by atoms with Crippen molar-refractivity contribution in [3.05, 3.63) is 81.6 Å². The Kier molecular flexibility index (Phi) is 9.20. The van der Waals surface area contributed by atoms with Gasteiger partial charge in [-0.1, -0.05) is 47.6 Å². The first-order chi connectivity index (χ1) is 19.6. The molecule has 0 amide bonds. The van der Waals surface area contributed by atoms with Gasteiger partial charge in [0.1, 0.15) is 34.3 Å². The number of aromatic nitrogens is 2. The predicted octanol–water partition coefficient (Wildman–Crippen LogP) is 7.60. The van der Waals surface area contributed by atoms with Crippen LogP contribution in [0.25, 0.3) is 26.5 Å². The highest BCUT2D eigenvalue weighted by Gasteiger charge is 2.26. The largest absolute Gasteiger partial charge is 0.491 e. The summed E-state index contributed by atoms with van der Waals surface area (Å²) in [6.45, 7) is 9.85. The second-order valence-corrected chi connectivity index (χ2v) is 11.4. The van der Waals surface area contributed by atoms with Gasteiger partial charge in [-0.2, -0.15) is 5.26 Å². The van der Waals surface area contributed by atoms with E-state index in [-0.39, 0.29) is 13.2 Å². The zero-order chi connectivity index (χ0) is 27.9. The molecule has 0 spiro atoms. The smallest absolute Gasteiger partial charge is 0.237 e. The minimum Gasteiger partial charge on any atom is -0.491 e. The summed E-state index contributed by atoms with van der Waals surface area (Å²) in [5.41, 5.74) is 4.01. The number of rotatable bonds is 9. The molecule has 0 unspecified atom stereocenters. The van der Waals surface area contributed by atoms with Gasteiger partial charge in [-0.25, -0.2) is 14.8 Å². The molecule has 2 aromatic carbocycles. The van der Waals surface area contributed by atoms with Gasteiger partial charge in [0.2, 0.25) is 5.69 Å². The molecule has 1 saturated heterocycles. The second-order valence-electron chi connectivity index (χ2n) is 9.15. The Bertz CT molecular complexity index is 1550. The first kappa shape index (κ1) is 27.9. The molecule has 1 N–H and O–H groups in total. The number of aliphatic hydroxyl groups is 1. The molecule has 1 aliphatic heterocycles. The van der Waals surface area contributed by atoms with E-state index in [1.54, 1.807) is 23.5 Å². The Morgan fingerprint density at radius 1 is 1.07 bits per heavy atom. The van der Waals surface area contributed by atoms with E-state index in [0.717, 1.165) is 54.2 Å². The molecule has 0 aliphatic carbocycles. The summed E-state index contributed by atoms with van der Waals surface area (Å²) in [5, 5.41) is 23.6. The summed E-state index contributed by atoms with van der Waals surface area (Å²) < 4.78 is 5.52. The van der Waals surface area contributed by atoms with Crippen molar-refractivity contribution in [3.8, 4) is 33.5 Å². The zero-order valence-corrected chi connectivity index (χ0v) is 24.0. The molecule has 0 bridgehead atoms. The molecule has 40 heavy (non-hydrogen) atoms. The number of ether oxygens (including phenoxy) is 1. The van der Waals surface area contributed by atoms with Crippen LogP contribution in [-0.4, -0.2) is 41.4 Å². The summed E-state index contributed by atoms with van der Waals surface area (Å²) in [5.74, 6) is 1.78. The molecular weight excluding hydrogens is 562 g/mol. The van der Waals surface area contributed by atoms with Gasteiger partial charge in [0.15, 0.2) is 0 Å². The second kappa shape index (κ2) is 13.2. The maximum Gasteiger partial charge on any atom is 0.237 e. The quantitative estimate of drug-likeness (QED) is 0.159. The zero-order valence-electron chi connectivity index (χ0n) is 21.6. The van der Waals surface area contributed by atoms with Crippen LogP contribution >= 0.6 is 34.7 Å². The van der Waals surface area contributed by atoms with E-state index in [2.05, 4.69) is 15.8 Å². The monoisotopic (exact) mass is 587 g/mol. The van der Waals surface area contributed by atoms with Crippen molar-refractivity contribution in [1.29, 1.82) is 5.26 Å². The third-order valence-corrected chi connectivity index (χ3v) is 8.70. The van der Waals surface area contributed by atoms with Crippen molar-refractivity contribution in [1.82, 2.24) is 9.97 Å². The molecule has 0 radical (unpaired) electrons. The molecule has 10 heteroatoms. The third-order valence-electron chi connectivity index (χ3n) is 6.50. The molecule has 4 aromatic rings. The average Bonchev–Trinajstić information content (AvgIpc) is 3.48. The Hall–Kier alpha value is -3.60. The first-order valence-electron chi connectivity index (χ1n) is 12.9. The van der Waals surface area contributed by atoms with Crippen LogP contribution in [0.2, 0.25) is 5.02 Å². The van der Waals surface area contributed by atoms with Gasteiger partial charge in [0.05, 0.1) is 24.4 Å². The van der Waals surface area contributed by atoms with Crippen molar-refractivity contribution < 1.29 is 9.84 Å². The molecule has 2 aromatic heterocycles. The van der Waals surface area contributed by atoms with Crippen LogP contribution in [0.5, 0.6) is 5.75 Å². The lowest BCUT2D eigenvalue weighted by Crippen LogP contribution is -2.30. The van der Waals surface area contributed by atoms with Crippen molar-refractivity contribution in [2.45, 2.75) is 30.0 Å². The predicted molar refractivity (Wildman–Crippen MR) is 161 cm³/mol. The fourth-order valence-corrected chi connectivity index (χ4v) is 6.52. The molecule has 0 saturated carbocycles. The Morgan fingerprint density at radius 3 is 2.48 bits per heavy atom. The van der Waals surface area contributed by atoms with Gasteiger partial charge in [0, 0.05) is 40.4 Å². The van der Waals surface area contributed by atoms with Crippen LogP contribution in [0.1, 0.15) is 30.5 Å². The van der Waals surface area contributed by atoms with Crippen molar-refractivity contribution in [2.75, 3.05) is 31.2 Å². The average molecular weight is 588 g/mol. The number of benzene rings is 2. The van der Waals surface area contributed by atoms with E-state index < -0.39 is 0 Å². The molecule has 0 atom stereocenters. The topological polar surface area (TPSA) is 86.6 Å². The highest BCUT2D eigenvalue weighted by Crippen LogP contribution is 2.45. The molecule has 1 aliphatic rings. The summed E-state index contributed by atoms with van der Waals surface area (Å²) in [6, 6.07) is 17.2. The standard InChI is InChI=1S/C30H26ClN5O2S2/c1-33-27-26(20-7-11-24(12-8-20)38-16-15-37)25(17-32)30(35-28(27)36-13-3-2-4-14-36)40-19-23-18-39-29(34-23)21-5-9-22(31)10-6-21/h5-12,18,37H,2-4,13-16,19H2. The van der Waals surface area contributed by atoms with Crippen LogP contribution in [0.3, 0.4) is 0 Å². The molecule has 1 fully saturated rings. The van der Waals surface area contributed by atoms with Gasteiger partial charge >= 0.3 is 0 Å². The lowest BCUT2D eigenvalue weighted by atomic mass is 9.99. The number of hydrogen-bond acceptors (Lipinski definition) is 8. The van der Waals surface area contributed by atoms with Gasteiger partial charge in [-0.3, -0.25) is 0 Å². The van der Waals surface area contributed by atoms with E-state index in [1.807, 2.05) is 41.8 Å². The van der Waals surface area contributed by atoms with Crippen LogP contribution in [-0.2, 0) is 5.75 Å². The maximum absolute atomic E-state index is 10.3. The number of nitriles is 1. The Balaban J connectivity index is 1.52. The molecule has 202 valence electrons. The van der Waals surface area contributed by atoms with E-state index in [0.29, 0.717) is 44.2 Å². The third kappa shape index (κ3) is 6.24. The Morgan fingerprint density at radius 2 is 1.80 bits per heavy atom. The minimum absolute atomic E-state index is 0.0769. The fourth-order valence-electron chi connectivity index (χ4n) is 4.59. The summed E-state index contributed by atoms with van der Waals surface area (Å²) in [6.07, 6.45) is 3.24. The van der Waals surface area contributed by atoms with E-state index in [9.17, 15) is 5.26 Å². The number of nitrogens with zero attached hydrogens (tertiary/aromatic N) is 5. The van der Waals surface area contributed by atoms with Crippen molar-refractivity contribution >= 4 is 46.2 Å². The van der Waals surface area contributed by atoms with E-state index in [1.165, 1.54) is 11.8 Å². The van der Waals surface area contributed by atoms with Crippen LogP contribution in [0.15, 0.2) is 58.9 Å². The SMILES string of the molecule is [C-]#[N+]c1c(N2CCCCC2)nc(SCc2csc(-c3ccc(Cl)cc3)n2)c(C#N)c1-c1ccc(OCCO)cc1. The molecular formula is C30H26ClN5O2S2. The number of hydrogen-bond donors (Lipinski definition) is 1.